The number of aliphatic carboxylic acids is 1. The van der Waals surface area contributed by atoms with Gasteiger partial charge in [-0.15, -0.1) is 0 Å². The summed E-state index contributed by atoms with van der Waals surface area (Å²) >= 11 is 0. The highest BCUT2D eigenvalue weighted by molar-refractivity contribution is 6.05. The van der Waals surface area contributed by atoms with Crippen LogP contribution in [0.25, 0.3) is 0 Å². The number of nitrogens with zero attached hydrogens (tertiary/aromatic N) is 1. The summed E-state index contributed by atoms with van der Waals surface area (Å²) < 4.78 is 11.1. The zero-order valence-corrected chi connectivity index (χ0v) is 13.2. The van der Waals surface area contributed by atoms with Gasteiger partial charge in [0.1, 0.15) is 12.3 Å². The lowest BCUT2D eigenvalue weighted by Gasteiger charge is -2.37. The molecule has 2 rings (SSSR count). The standard InChI is InChI=1S/C16H19NO6/c1-4-11(16(20)21)17-12-6-10(8-18)7-13(22-5-2)14(12)23-9(3)15(17)19/h6-9,11H,4-5H2,1-3H3,(H,20,21). The summed E-state index contributed by atoms with van der Waals surface area (Å²) in [7, 11) is 0. The molecule has 2 atom stereocenters. The van der Waals surface area contributed by atoms with Crippen molar-refractivity contribution in [3.63, 3.8) is 0 Å². The summed E-state index contributed by atoms with van der Waals surface area (Å²) in [6.07, 6.45) is 0.00506. The molecule has 1 amide bonds. The molecule has 0 aliphatic carbocycles. The smallest absolute Gasteiger partial charge is 0.326 e. The van der Waals surface area contributed by atoms with Gasteiger partial charge >= 0.3 is 5.97 Å². The van der Waals surface area contributed by atoms with Crippen molar-refractivity contribution in [1.29, 1.82) is 0 Å². The van der Waals surface area contributed by atoms with E-state index in [9.17, 15) is 19.5 Å². The van der Waals surface area contributed by atoms with E-state index in [0.717, 1.165) is 0 Å². The molecule has 124 valence electrons. The Balaban J connectivity index is 2.67. The third-order valence-corrected chi connectivity index (χ3v) is 3.62. The van der Waals surface area contributed by atoms with Crippen LogP contribution < -0.4 is 14.4 Å². The zero-order chi connectivity index (χ0) is 17.1. The lowest BCUT2D eigenvalue weighted by Crippen LogP contribution is -2.52. The van der Waals surface area contributed by atoms with E-state index in [1.54, 1.807) is 20.8 Å². The van der Waals surface area contributed by atoms with E-state index in [2.05, 4.69) is 0 Å². The minimum Gasteiger partial charge on any atom is -0.490 e. The average molecular weight is 321 g/mol. The van der Waals surface area contributed by atoms with Crippen LogP contribution in [0.3, 0.4) is 0 Å². The number of benzene rings is 1. The van der Waals surface area contributed by atoms with Crippen molar-refractivity contribution in [1.82, 2.24) is 0 Å². The summed E-state index contributed by atoms with van der Waals surface area (Å²) in [5, 5.41) is 9.42. The van der Waals surface area contributed by atoms with Gasteiger partial charge in [-0.3, -0.25) is 14.5 Å². The fraction of sp³-hybridized carbons (Fsp3) is 0.438. The van der Waals surface area contributed by atoms with Gasteiger partial charge in [0.15, 0.2) is 17.6 Å². The predicted molar refractivity (Wildman–Crippen MR) is 82.3 cm³/mol. The molecule has 0 bridgehead atoms. The lowest BCUT2D eigenvalue weighted by atomic mass is 10.1. The van der Waals surface area contributed by atoms with Gasteiger partial charge in [0, 0.05) is 5.56 Å². The summed E-state index contributed by atoms with van der Waals surface area (Å²) in [6, 6.07) is 1.92. The number of rotatable bonds is 6. The second-order valence-electron chi connectivity index (χ2n) is 5.15. The van der Waals surface area contributed by atoms with Crippen LogP contribution in [-0.4, -0.2) is 42.0 Å². The molecule has 1 aromatic rings. The van der Waals surface area contributed by atoms with Crippen LogP contribution in [0, 0.1) is 0 Å². The molecule has 7 nitrogen and oxygen atoms in total. The number of carboxylic acid groups (broad SMARTS) is 1. The minimum atomic E-state index is -1.12. The third-order valence-electron chi connectivity index (χ3n) is 3.62. The lowest BCUT2D eigenvalue weighted by molar-refractivity contribution is -0.141. The van der Waals surface area contributed by atoms with Crippen molar-refractivity contribution in [3.05, 3.63) is 17.7 Å². The van der Waals surface area contributed by atoms with Crippen LogP contribution in [-0.2, 0) is 9.59 Å². The van der Waals surface area contributed by atoms with Crippen LogP contribution in [0.15, 0.2) is 12.1 Å². The first-order valence-electron chi connectivity index (χ1n) is 7.43. The first kappa shape index (κ1) is 16.8. The largest absolute Gasteiger partial charge is 0.490 e. The molecular formula is C16H19NO6. The number of carboxylic acids is 1. The second kappa shape index (κ2) is 6.68. The number of amides is 1. The molecule has 1 aliphatic heterocycles. The molecule has 23 heavy (non-hydrogen) atoms. The molecule has 1 aromatic carbocycles. The second-order valence-corrected chi connectivity index (χ2v) is 5.15. The molecule has 0 radical (unpaired) electrons. The molecule has 0 saturated carbocycles. The van der Waals surface area contributed by atoms with Gasteiger partial charge in [-0.05, 0) is 32.4 Å². The molecular weight excluding hydrogens is 302 g/mol. The highest BCUT2D eigenvalue weighted by atomic mass is 16.5. The van der Waals surface area contributed by atoms with Crippen LogP contribution in [0.1, 0.15) is 37.6 Å². The first-order chi connectivity index (χ1) is 10.9. The maximum absolute atomic E-state index is 12.5. The van der Waals surface area contributed by atoms with Crippen molar-refractivity contribution in [2.45, 2.75) is 39.3 Å². The van der Waals surface area contributed by atoms with Crippen molar-refractivity contribution >= 4 is 23.9 Å². The van der Waals surface area contributed by atoms with Crippen molar-refractivity contribution in [2.24, 2.45) is 0 Å². The Bertz CT molecular complexity index is 642. The third kappa shape index (κ3) is 2.99. The number of ether oxygens (including phenoxy) is 2. The number of fused-ring (bicyclic) bond motifs is 1. The molecule has 0 fully saturated rings. The van der Waals surface area contributed by atoms with Gasteiger partial charge in [0.2, 0.25) is 0 Å². The van der Waals surface area contributed by atoms with Gasteiger partial charge in [-0.25, -0.2) is 4.79 Å². The Hall–Kier alpha value is -2.57. The highest BCUT2D eigenvalue weighted by Gasteiger charge is 2.40. The topological polar surface area (TPSA) is 93.1 Å². The normalized spacial score (nSPS) is 18.0. The van der Waals surface area contributed by atoms with Gasteiger partial charge in [0.25, 0.3) is 5.91 Å². The molecule has 1 N–H and O–H groups in total. The Kier molecular flexibility index (Phi) is 4.88. The fourth-order valence-corrected chi connectivity index (χ4v) is 2.57. The number of hydrogen-bond acceptors (Lipinski definition) is 5. The zero-order valence-electron chi connectivity index (χ0n) is 13.2. The first-order valence-corrected chi connectivity index (χ1v) is 7.43. The molecule has 1 aliphatic rings. The molecule has 7 heteroatoms. The molecule has 1 heterocycles. The van der Waals surface area contributed by atoms with E-state index >= 15 is 0 Å². The molecule has 2 unspecified atom stereocenters. The summed E-state index contributed by atoms with van der Waals surface area (Å²) in [6.45, 7) is 5.35. The summed E-state index contributed by atoms with van der Waals surface area (Å²) in [5.74, 6) is -0.978. The average Bonchev–Trinajstić information content (AvgIpc) is 2.52. The summed E-state index contributed by atoms with van der Waals surface area (Å²) in [5.41, 5.74) is 0.527. The summed E-state index contributed by atoms with van der Waals surface area (Å²) in [4.78, 5) is 36.3. The van der Waals surface area contributed by atoms with Crippen LogP contribution >= 0.6 is 0 Å². The van der Waals surface area contributed by atoms with Gasteiger partial charge in [0.05, 0.1) is 12.3 Å². The van der Waals surface area contributed by atoms with Crippen molar-refractivity contribution < 1.29 is 29.0 Å². The Labute approximate surface area is 133 Å². The number of carbonyl (C=O) groups excluding carboxylic acids is 2. The fourth-order valence-electron chi connectivity index (χ4n) is 2.57. The highest BCUT2D eigenvalue weighted by Crippen LogP contribution is 2.43. The van der Waals surface area contributed by atoms with Crippen LogP contribution in [0.5, 0.6) is 11.5 Å². The SMILES string of the molecule is CCOc1cc(C=O)cc2c1OC(C)C(=O)N2C(CC)C(=O)O. The van der Waals surface area contributed by atoms with Crippen LogP contribution in [0.2, 0.25) is 0 Å². The van der Waals surface area contributed by atoms with E-state index in [-0.39, 0.29) is 23.4 Å². The van der Waals surface area contributed by atoms with Crippen LogP contribution in [0.4, 0.5) is 5.69 Å². The Morgan fingerprint density at radius 1 is 1.48 bits per heavy atom. The van der Waals surface area contributed by atoms with Gasteiger partial charge in [-0.2, -0.15) is 0 Å². The monoisotopic (exact) mass is 321 g/mol. The molecule has 0 spiro atoms. The van der Waals surface area contributed by atoms with Gasteiger partial charge in [-0.1, -0.05) is 6.92 Å². The van der Waals surface area contributed by atoms with E-state index in [4.69, 9.17) is 9.47 Å². The van der Waals surface area contributed by atoms with E-state index < -0.39 is 24.0 Å². The van der Waals surface area contributed by atoms with Crippen molar-refractivity contribution in [3.8, 4) is 11.5 Å². The molecule has 0 saturated heterocycles. The predicted octanol–water partition coefficient (Wildman–Crippen LogP) is 1.87. The van der Waals surface area contributed by atoms with E-state index in [0.29, 0.717) is 18.6 Å². The number of hydrogen-bond donors (Lipinski definition) is 1. The maximum Gasteiger partial charge on any atom is 0.326 e. The van der Waals surface area contributed by atoms with E-state index in [1.807, 2.05) is 0 Å². The number of anilines is 1. The molecule has 0 aromatic heterocycles. The van der Waals surface area contributed by atoms with Crippen molar-refractivity contribution in [2.75, 3.05) is 11.5 Å². The van der Waals surface area contributed by atoms with E-state index in [1.165, 1.54) is 17.0 Å². The minimum absolute atomic E-state index is 0.225. The maximum atomic E-state index is 12.5. The Morgan fingerprint density at radius 2 is 2.17 bits per heavy atom. The number of carbonyl (C=O) groups is 3. The number of aldehydes is 1. The van der Waals surface area contributed by atoms with Gasteiger partial charge < -0.3 is 14.6 Å². The quantitative estimate of drug-likeness (QED) is 0.804. The Morgan fingerprint density at radius 3 is 2.70 bits per heavy atom.